The van der Waals surface area contributed by atoms with E-state index in [0.717, 1.165) is 22.0 Å². The van der Waals surface area contributed by atoms with Crippen molar-refractivity contribution in [2.24, 2.45) is 0 Å². The molecule has 0 bridgehead atoms. The average Bonchev–Trinajstić information content (AvgIpc) is 2.77. The van der Waals surface area contributed by atoms with E-state index in [2.05, 4.69) is 11.1 Å². The Balaban J connectivity index is 1.87. The lowest BCUT2D eigenvalue weighted by Gasteiger charge is -2.09. The van der Waals surface area contributed by atoms with Gasteiger partial charge in [-0.3, -0.25) is 14.6 Å². The predicted molar refractivity (Wildman–Crippen MR) is 90.7 cm³/mol. The van der Waals surface area contributed by atoms with E-state index in [1.54, 1.807) is 6.07 Å². The average molecular weight is 317 g/mol. The van der Waals surface area contributed by atoms with Crippen LogP contribution in [-0.2, 0) is 0 Å². The molecule has 118 valence electrons. The van der Waals surface area contributed by atoms with Crippen LogP contribution in [0.15, 0.2) is 42.5 Å². The highest BCUT2D eigenvalue weighted by atomic mass is 16.3. The zero-order valence-electron chi connectivity index (χ0n) is 13.3. The molecule has 1 aliphatic rings. The van der Waals surface area contributed by atoms with Crippen LogP contribution in [0.3, 0.4) is 0 Å². The van der Waals surface area contributed by atoms with Crippen molar-refractivity contribution in [3.63, 3.8) is 0 Å². The number of fused-ring (bicyclic) bond motifs is 2. The van der Waals surface area contributed by atoms with E-state index in [-0.39, 0.29) is 22.9 Å². The van der Waals surface area contributed by atoms with Crippen LogP contribution >= 0.6 is 0 Å². The third-order valence-corrected chi connectivity index (χ3v) is 4.53. The second-order valence-electron chi connectivity index (χ2n) is 6.28. The van der Waals surface area contributed by atoms with Crippen LogP contribution in [0.2, 0.25) is 0 Å². The minimum absolute atomic E-state index is 0.0201. The number of rotatable bonds is 1. The molecule has 0 fully saturated rings. The maximum absolute atomic E-state index is 12.7. The summed E-state index contributed by atoms with van der Waals surface area (Å²) < 4.78 is 0. The van der Waals surface area contributed by atoms with Gasteiger partial charge in [-0.15, -0.1) is 0 Å². The zero-order chi connectivity index (χ0) is 17.0. The van der Waals surface area contributed by atoms with E-state index in [1.807, 2.05) is 26.0 Å². The summed E-state index contributed by atoms with van der Waals surface area (Å²) in [6.45, 7) is 4.01. The molecule has 0 saturated heterocycles. The minimum Gasteiger partial charge on any atom is -0.508 e. The van der Waals surface area contributed by atoms with E-state index in [4.69, 9.17) is 0 Å². The van der Waals surface area contributed by atoms with Crippen molar-refractivity contribution in [2.45, 2.75) is 19.8 Å². The fourth-order valence-corrected chi connectivity index (χ4v) is 3.42. The number of carbonyl (C=O) groups is 2. The molecule has 2 aromatic carbocycles. The molecule has 4 nitrogen and oxygen atoms in total. The molecule has 0 spiro atoms. The number of nitrogens with zero attached hydrogens (tertiary/aromatic N) is 1. The lowest BCUT2D eigenvalue weighted by Crippen LogP contribution is -2.14. The number of aromatic hydroxyl groups is 1. The fraction of sp³-hybridized carbons (Fsp3) is 0.150. The van der Waals surface area contributed by atoms with Crippen LogP contribution in [0.1, 0.15) is 43.5 Å². The number of phenolic OH excluding ortho intramolecular Hbond substituents is 1. The molecule has 4 rings (SSSR count). The number of pyridine rings is 1. The third-order valence-electron chi connectivity index (χ3n) is 4.53. The van der Waals surface area contributed by atoms with Crippen molar-refractivity contribution in [1.29, 1.82) is 0 Å². The van der Waals surface area contributed by atoms with Gasteiger partial charge >= 0.3 is 0 Å². The molecule has 0 aliphatic heterocycles. The first kappa shape index (κ1) is 14.6. The van der Waals surface area contributed by atoms with E-state index >= 15 is 0 Å². The van der Waals surface area contributed by atoms with Crippen LogP contribution in [0.5, 0.6) is 5.75 Å². The Kier molecular flexibility index (Phi) is 3.03. The highest BCUT2D eigenvalue weighted by Gasteiger charge is 2.40. The van der Waals surface area contributed by atoms with Gasteiger partial charge in [-0.05, 0) is 55.3 Å². The topological polar surface area (TPSA) is 67.3 Å². The summed E-state index contributed by atoms with van der Waals surface area (Å²) in [5.41, 5.74) is 4.06. The second kappa shape index (κ2) is 4.99. The van der Waals surface area contributed by atoms with Gasteiger partial charge in [0.05, 0.1) is 11.2 Å². The van der Waals surface area contributed by atoms with Gasteiger partial charge in [0.2, 0.25) is 0 Å². The summed E-state index contributed by atoms with van der Waals surface area (Å²) in [4.78, 5) is 29.9. The third kappa shape index (κ3) is 2.03. The summed E-state index contributed by atoms with van der Waals surface area (Å²) in [5.74, 6) is -1.51. The Morgan fingerprint density at radius 3 is 2.46 bits per heavy atom. The number of Topliss-reactive ketones (excluding diaryl/α,β-unsaturated/α-hetero) is 2. The van der Waals surface area contributed by atoms with Crippen molar-refractivity contribution in [3.8, 4) is 5.75 Å². The molecule has 0 saturated carbocycles. The van der Waals surface area contributed by atoms with Crippen LogP contribution in [0.25, 0.3) is 10.9 Å². The summed E-state index contributed by atoms with van der Waals surface area (Å²) >= 11 is 0. The van der Waals surface area contributed by atoms with Crippen molar-refractivity contribution >= 4 is 22.5 Å². The number of benzene rings is 2. The Bertz CT molecular complexity index is 1040. The molecule has 1 aromatic heterocycles. The molecular formula is C20H15NO3. The number of phenols is 1. The van der Waals surface area contributed by atoms with E-state index in [1.165, 1.54) is 18.2 Å². The first-order valence-electron chi connectivity index (χ1n) is 7.75. The minimum atomic E-state index is -0.924. The largest absolute Gasteiger partial charge is 0.508 e. The number of ketones is 2. The van der Waals surface area contributed by atoms with Crippen molar-refractivity contribution in [2.75, 3.05) is 0 Å². The number of hydrogen-bond donors (Lipinski definition) is 1. The lowest BCUT2D eigenvalue weighted by molar-refractivity contribution is 0.0888. The fourth-order valence-electron chi connectivity index (χ4n) is 3.42. The quantitative estimate of drug-likeness (QED) is 0.695. The first-order chi connectivity index (χ1) is 11.5. The number of aryl methyl sites for hydroxylation is 2. The van der Waals surface area contributed by atoms with Gasteiger partial charge < -0.3 is 5.11 Å². The van der Waals surface area contributed by atoms with Crippen molar-refractivity contribution < 1.29 is 14.7 Å². The maximum atomic E-state index is 12.7. The van der Waals surface area contributed by atoms with Gasteiger partial charge in [0.25, 0.3) is 0 Å². The Hall–Kier alpha value is -3.01. The number of aromatic nitrogens is 1. The van der Waals surface area contributed by atoms with Crippen LogP contribution in [-0.4, -0.2) is 21.7 Å². The van der Waals surface area contributed by atoms with Gasteiger partial charge in [-0.2, -0.15) is 0 Å². The summed E-state index contributed by atoms with van der Waals surface area (Å²) in [5, 5.41) is 10.6. The van der Waals surface area contributed by atoms with Gasteiger partial charge in [0.15, 0.2) is 11.6 Å². The summed E-state index contributed by atoms with van der Waals surface area (Å²) in [6.07, 6.45) is 0. The van der Waals surface area contributed by atoms with Gasteiger partial charge in [0, 0.05) is 16.5 Å². The maximum Gasteiger partial charge on any atom is 0.180 e. The molecule has 1 heterocycles. The second-order valence-corrected chi connectivity index (χ2v) is 6.28. The summed E-state index contributed by atoms with van der Waals surface area (Å²) in [6, 6.07) is 12.0. The number of carbonyl (C=O) groups excluding carboxylic acids is 2. The zero-order valence-corrected chi connectivity index (χ0v) is 13.3. The number of hydrogen-bond acceptors (Lipinski definition) is 4. The van der Waals surface area contributed by atoms with E-state index in [0.29, 0.717) is 11.3 Å². The first-order valence-corrected chi connectivity index (χ1v) is 7.75. The molecule has 0 amide bonds. The van der Waals surface area contributed by atoms with E-state index in [9.17, 15) is 14.7 Å². The molecular weight excluding hydrogens is 302 g/mol. The van der Waals surface area contributed by atoms with Crippen LogP contribution in [0, 0.1) is 13.8 Å². The Morgan fingerprint density at radius 2 is 1.67 bits per heavy atom. The normalized spacial score (nSPS) is 16.7. The molecule has 1 aliphatic carbocycles. The van der Waals surface area contributed by atoms with Crippen LogP contribution in [0.4, 0.5) is 0 Å². The molecule has 0 radical (unpaired) electrons. The van der Waals surface area contributed by atoms with Gasteiger partial charge in [-0.1, -0.05) is 12.1 Å². The molecule has 1 N–H and O–H groups in total. The SMILES string of the molecule is Cc1cc(C)c2ccc([C@H]3C(=O)c4ccc(O)cc4C3=O)nc2c1. The standard InChI is InChI=1S/C20H15NO3/c1-10-7-11(2)13-5-6-16(21-17(13)8-10)18-19(23)14-4-3-12(22)9-15(14)20(18)24/h3-9,18,22H,1-2H3/t18-/m0/s1. The predicted octanol–water partition coefficient (Wildman–Crippen LogP) is 3.72. The molecule has 4 heteroatoms. The van der Waals surface area contributed by atoms with E-state index < -0.39 is 5.92 Å². The van der Waals surface area contributed by atoms with Crippen LogP contribution < -0.4 is 0 Å². The Labute approximate surface area is 138 Å². The monoisotopic (exact) mass is 317 g/mol. The highest BCUT2D eigenvalue weighted by Crippen LogP contribution is 2.35. The summed E-state index contributed by atoms with van der Waals surface area (Å²) in [7, 11) is 0. The van der Waals surface area contributed by atoms with Gasteiger partial charge in [0.1, 0.15) is 11.7 Å². The molecule has 1 atom stereocenters. The molecule has 0 unspecified atom stereocenters. The molecule has 24 heavy (non-hydrogen) atoms. The van der Waals surface area contributed by atoms with Crippen molar-refractivity contribution in [1.82, 2.24) is 4.98 Å². The lowest BCUT2D eigenvalue weighted by atomic mass is 9.97. The molecule has 3 aromatic rings. The Morgan fingerprint density at radius 1 is 0.917 bits per heavy atom. The van der Waals surface area contributed by atoms with Crippen molar-refractivity contribution in [3.05, 3.63) is 70.4 Å². The van der Waals surface area contributed by atoms with Gasteiger partial charge in [-0.25, -0.2) is 0 Å². The highest BCUT2D eigenvalue weighted by molar-refractivity contribution is 6.29. The smallest absolute Gasteiger partial charge is 0.180 e.